The standard InChI is InChI=1S/C14H20ClFN2/c1-2-3-14(18-8-6-17-7-9-18)11-4-5-13(16)12(15)10-11/h4-5,10,14,17H,2-3,6-9H2,1H3/t14-/m1/s1. The first-order valence-corrected chi connectivity index (χ1v) is 7.00. The van der Waals surface area contributed by atoms with Crippen LogP contribution in [0.1, 0.15) is 31.4 Å². The zero-order valence-corrected chi connectivity index (χ0v) is 11.5. The second-order valence-corrected chi connectivity index (χ2v) is 5.17. The van der Waals surface area contributed by atoms with Crippen LogP contribution in [0.2, 0.25) is 5.02 Å². The third-order valence-corrected chi connectivity index (χ3v) is 3.77. The summed E-state index contributed by atoms with van der Waals surface area (Å²) in [5.74, 6) is -0.337. The summed E-state index contributed by atoms with van der Waals surface area (Å²) in [6, 6.07) is 5.47. The molecule has 1 aliphatic rings. The molecule has 0 amide bonds. The molecule has 1 N–H and O–H groups in total. The van der Waals surface area contributed by atoms with E-state index in [-0.39, 0.29) is 10.8 Å². The van der Waals surface area contributed by atoms with Gasteiger partial charge < -0.3 is 5.32 Å². The Kier molecular flexibility index (Phi) is 4.98. The Bertz CT molecular complexity index is 391. The van der Waals surface area contributed by atoms with Crippen molar-refractivity contribution < 1.29 is 4.39 Å². The lowest BCUT2D eigenvalue weighted by atomic mass is 10.00. The van der Waals surface area contributed by atoms with Gasteiger partial charge in [0.1, 0.15) is 5.82 Å². The molecule has 0 aromatic heterocycles. The smallest absolute Gasteiger partial charge is 0.141 e. The quantitative estimate of drug-likeness (QED) is 0.904. The molecule has 1 heterocycles. The van der Waals surface area contributed by atoms with Crippen molar-refractivity contribution in [3.8, 4) is 0 Å². The van der Waals surface area contributed by atoms with E-state index >= 15 is 0 Å². The van der Waals surface area contributed by atoms with E-state index < -0.39 is 0 Å². The van der Waals surface area contributed by atoms with Gasteiger partial charge in [0, 0.05) is 32.2 Å². The maximum atomic E-state index is 13.2. The highest BCUT2D eigenvalue weighted by atomic mass is 35.5. The number of halogens is 2. The predicted octanol–water partition coefficient (Wildman–Crippen LogP) is 3.23. The van der Waals surface area contributed by atoms with Crippen molar-refractivity contribution in [2.24, 2.45) is 0 Å². The van der Waals surface area contributed by atoms with E-state index in [0.717, 1.165) is 44.6 Å². The largest absolute Gasteiger partial charge is 0.314 e. The lowest BCUT2D eigenvalue weighted by Crippen LogP contribution is -2.45. The molecular weight excluding hydrogens is 251 g/mol. The van der Waals surface area contributed by atoms with E-state index in [1.54, 1.807) is 6.07 Å². The first kappa shape index (κ1) is 13.8. The van der Waals surface area contributed by atoms with Crippen molar-refractivity contribution in [1.82, 2.24) is 10.2 Å². The van der Waals surface area contributed by atoms with Crippen LogP contribution in [0.25, 0.3) is 0 Å². The highest BCUT2D eigenvalue weighted by Crippen LogP contribution is 2.28. The number of nitrogens with one attached hydrogen (secondary N) is 1. The van der Waals surface area contributed by atoms with Gasteiger partial charge in [-0.25, -0.2) is 4.39 Å². The van der Waals surface area contributed by atoms with E-state index in [1.807, 2.05) is 6.07 Å². The van der Waals surface area contributed by atoms with Gasteiger partial charge in [0.05, 0.1) is 5.02 Å². The summed E-state index contributed by atoms with van der Waals surface area (Å²) >= 11 is 5.89. The van der Waals surface area contributed by atoms with Gasteiger partial charge in [-0.3, -0.25) is 4.90 Å². The van der Waals surface area contributed by atoms with E-state index in [2.05, 4.69) is 17.1 Å². The topological polar surface area (TPSA) is 15.3 Å². The van der Waals surface area contributed by atoms with Crippen molar-refractivity contribution in [2.75, 3.05) is 26.2 Å². The fourth-order valence-electron chi connectivity index (χ4n) is 2.55. The number of nitrogens with zero attached hydrogens (tertiary/aromatic N) is 1. The van der Waals surface area contributed by atoms with Crippen molar-refractivity contribution in [3.05, 3.63) is 34.6 Å². The molecule has 0 bridgehead atoms. The molecule has 1 fully saturated rings. The zero-order chi connectivity index (χ0) is 13.0. The summed E-state index contributed by atoms with van der Waals surface area (Å²) in [7, 11) is 0. The third kappa shape index (κ3) is 3.22. The molecule has 0 spiro atoms. The Morgan fingerprint density at radius 2 is 2.11 bits per heavy atom. The summed E-state index contributed by atoms with van der Waals surface area (Å²) in [6.45, 7) is 6.31. The van der Waals surface area contributed by atoms with Crippen LogP contribution in [0, 0.1) is 5.82 Å². The van der Waals surface area contributed by atoms with Crippen molar-refractivity contribution in [3.63, 3.8) is 0 Å². The molecule has 0 saturated carbocycles. The number of hydrogen-bond donors (Lipinski definition) is 1. The lowest BCUT2D eigenvalue weighted by molar-refractivity contribution is 0.164. The minimum atomic E-state index is -0.337. The fraction of sp³-hybridized carbons (Fsp3) is 0.571. The molecule has 100 valence electrons. The SMILES string of the molecule is CCC[C@H](c1ccc(F)c(Cl)c1)N1CCNCC1. The average molecular weight is 271 g/mol. The Labute approximate surface area is 113 Å². The Hall–Kier alpha value is -0.640. The molecule has 1 aromatic carbocycles. The van der Waals surface area contributed by atoms with Crippen LogP contribution in [0.4, 0.5) is 4.39 Å². The third-order valence-electron chi connectivity index (χ3n) is 3.48. The number of rotatable bonds is 4. The van der Waals surface area contributed by atoms with Crippen LogP contribution >= 0.6 is 11.6 Å². The molecule has 0 aliphatic carbocycles. The maximum Gasteiger partial charge on any atom is 0.141 e. The molecule has 4 heteroatoms. The van der Waals surface area contributed by atoms with Gasteiger partial charge in [-0.05, 0) is 24.1 Å². The van der Waals surface area contributed by atoms with Crippen LogP contribution in [0.15, 0.2) is 18.2 Å². The summed E-state index contributed by atoms with van der Waals surface area (Å²) in [6.07, 6.45) is 2.20. The highest BCUT2D eigenvalue weighted by Gasteiger charge is 2.21. The van der Waals surface area contributed by atoms with Crippen LogP contribution < -0.4 is 5.32 Å². The van der Waals surface area contributed by atoms with Gasteiger partial charge in [0.25, 0.3) is 0 Å². The van der Waals surface area contributed by atoms with Crippen molar-refractivity contribution in [2.45, 2.75) is 25.8 Å². The minimum absolute atomic E-state index is 0.226. The van der Waals surface area contributed by atoms with E-state index in [1.165, 1.54) is 6.07 Å². The van der Waals surface area contributed by atoms with Gasteiger partial charge in [0.2, 0.25) is 0 Å². The first-order chi connectivity index (χ1) is 8.72. The monoisotopic (exact) mass is 270 g/mol. The van der Waals surface area contributed by atoms with Gasteiger partial charge in [-0.15, -0.1) is 0 Å². The summed E-state index contributed by atoms with van der Waals surface area (Å²) in [4.78, 5) is 2.46. The van der Waals surface area contributed by atoms with Crippen LogP contribution in [0.3, 0.4) is 0 Å². The van der Waals surface area contributed by atoms with Crippen molar-refractivity contribution in [1.29, 1.82) is 0 Å². The maximum absolute atomic E-state index is 13.2. The normalized spacial score (nSPS) is 18.8. The second kappa shape index (κ2) is 6.50. The summed E-state index contributed by atoms with van der Waals surface area (Å²) in [5.41, 5.74) is 1.13. The Morgan fingerprint density at radius 1 is 1.39 bits per heavy atom. The van der Waals surface area contributed by atoms with Crippen LogP contribution in [-0.2, 0) is 0 Å². The van der Waals surface area contributed by atoms with Gasteiger partial charge in [-0.1, -0.05) is 31.0 Å². The van der Waals surface area contributed by atoms with E-state index in [0.29, 0.717) is 6.04 Å². The molecule has 2 nitrogen and oxygen atoms in total. The lowest BCUT2D eigenvalue weighted by Gasteiger charge is -2.35. The molecule has 1 aromatic rings. The van der Waals surface area contributed by atoms with Gasteiger partial charge >= 0.3 is 0 Å². The highest BCUT2D eigenvalue weighted by molar-refractivity contribution is 6.30. The summed E-state index contributed by atoms with van der Waals surface area (Å²) in [5, 5.41) is 3.58. The van der Waals surface area contributed by atoms with Crippen LogP contribution in [-0.4, -0.2) is 31.1 Å². The molecule has 2 rings (SSSR count). The van der Waals surface area contributed by atoms with Gasteiger partial charge in [-0.2, -0.15) is 0 Å². The molecular formula is C14H20ClFN2. The van der Waals surface area contributed by atoms with E-state index in [4.69, 9.17) is 11.6 Å². The molecule has 0 unspecified atom stereocenters. The molecule has 0 radical (unpaired) electrons. The van der Waals surface area contributed by atoms with Crippen LogP contribution in [0.5, 0.6) is 0 Å². The van der Waals surface area contributed by atoms with E-state index in [9.17, 15) is 4.39 Å². The number of benzene rings is 1. The Balaban J connectivity index is 2.19. The number of hydrogen-bond acceptors (Lipinski definition) is 2. The zero-order valence-electron chi connectivity index (χ0n) is 10.8. The summed E-state index contributed by atoms with van der Waals surface area (Å²) < 4.78 is 13.2. The molecule has 1 saturated heterocycles. The fourth-order valence-corrected chi connectivity index (χ4v) is 2.74. The minimum Gasteiger partial charge on any atom is -0.314 e. The average Bonchev–Trinajstić information content (AvgIpc) is 2.40. The van der Waals surface area contributed by atoms with Gasteiger partial charge in [0.15, 0.2) is 0 Å². The molecule has 18 heavy (non-hydrogen) atoms. The Morgan fingerprint density at radius 3 is 2.72 bits per heavy atom. The number of piperazine rings is 1. The molecule has 1 atom stereocenters. The predicted molar refractivity (Wildman–Crippen MR) is 73.5 cm³/mol. The second-order valence-electron chi connectivity index (χ2n) is 4.76. The molecule has 1 aliphatic heterocycles. The van der Waals surface area contributed by atoms with Crippen molar-refractivity contribution >= 4 is 11.6 Å². The first-order valence-electron chi connectivity index (χ1n) is 6.62.